The molecule has 24 heavy (non-hydrogen) atoms. The smallest absolute Gasteiger partial charge is 0.197 e. The van der Waals surface area contributed by atoms with E-state index in [0.717, 1.165) is 25.7 Å². The van der Waals surface area contributed by atoms with E-state index in [1.165, 1.54) is 7.11 Å². The Hall–Kier alpha value is -1.45. The van der Waals surface area contributed by atoms with E-state index in [2.05, 4.69) is 13.8 Å². The van der Waals surface area contributed by atoms with E-state index in [-0.39, 0.29) is 28.3 Å². The highest BCUT2D eigenvalue weighted by Crippen LogP contribution is 2.64. The fraction of sp³-hybridized carbons (Fsp3) is 0.750. The summed E-state index contributed by atoms with van der Waals surface area (Å²) in [6, 6.07) is 0. The van der Waals surface area contributed by atoms with Gasteiger partial charge in [-0.1, -0.05) is 13.8 Å². The molecule has 0 N–H and O–H groups in total. The third-order valence-corrected chi connectivity index (χ3v) is 7.79. The van der Waals surface area contributed by atoms with Gasteiger partial charge in [0.1, 0.15) is 5.78 Å². The number of carbonyl (C=O) groups excluding carboxylic acids is 3. The number of methoxy groups -OCH3 is 1. The molecule has 0 aliphatic heterocycles. The molecule has 4 nitrogen and oxygen atoms in total. The lowest BCUT2D eigenvalue weighted by Gasteiger charge is -2.56. The second-order valence-electron chi connectivity index (χ2n) is 8.67. The lowest BCUT2D eigenvalue weighted by atomic mass is 9.47. The van der Waals surface area contributed by atoms with Crippen molar-refractivity contribution < 1.29 is 19.1 Å². The lowest BCUT2D eigenvalue weighted by Crippen LogP contribution is -2.53. The first-order valence-corrected chi connectivity index (χ1v) is 9.21. The zero-order valence-corrected chi connectivity index (χ0v) is 14.8. The van der Waals surface area contributed by atoms with Crippen molar-refractivity contribution in [3.05, 3.63) is 11.3 Å². The molecule has 0 heterocycles. The van der Waals surface area contributed by atoms with E-state index in [1.54, 1.807) is 0 Å². The molecule has 3 saturated carbocycles. The predicted molar refractivity (Wildman–Crippen MR) is 88.1 cm³/mol. The van der Waals surface area contributed by atoms with Crippen molar-refractivity contribution in [2.24, 2.45) is 28.6 Å². The fourth-order valence-electron chi connectivity index (χ4n) is 6.49. The molecular formula is C20H26O4. The summed E-state index contributed by atoms with van der Waals surface area (Å²) >= 11 is 0. The highest BCUT2D eigenvalue weighted by molar-refractivity contribution is 6.08. The Balaban J connectivity index is 1.80. The normalized spacial score (nSPS) is 45.0. The van der Waals surface area contributed by atoms with Crippen LogP contribution in [-0.4, -0.2) is 24.5 Å². The number of rotatable bonds is 1. The second-order valence-corrected chi connectivity index (χ2v) is 8.67. The van der Waals surface area contributed by atoms with Crippen molar-refractivity contribution in [1.82, 2.24) is 0 Å². The molecule has 0 spiro atoms. The van der Waals surface area contributed by atoms with E-state index < -0.39 is 0 Å². The van der Waals surface area contributed by atoms with Gasteiger partial charge in [0.05, 0.1) is 7.11 Å². The third kappa shape index (κ3) is 1.83. The number of hydrogen-bond donors (Lipinski definition) is 0. The number of ketones is 3. The topological polar surface area (TPSA) is 60.4 Å². The van der Waals surface area contributed by atoms with Crippen molar-refractivity contribution in [2.45, 2.75) is 58.8 Å². The van der Waals surface area contributed by atoms with Gasteiger partial charge >= 0.3 is 0 Å². The van der Waals surface area contributed by atoms with Gasteiger partial charge in [-0.15, -0.1) is 0 Å². The quantitative estimate of drug-likeness (QED) is 0.740. The minimum Gasteiger partial charge on any atom is -0.493 e. The molecule has 4 rings (SSSR count). The van der Waals surface area contributed by atoms with Crippen LogP contribution in [0.1, 0.15) is 58.8 Å². The Morgan fingerprint density at radius 2 is 1.62 bits per heavy atom. The van der Waals surface area contributed by atoms with Crippen molar-refractivity contribution >= 4 is 17.3 Å². The maximum absolute atomic E-state index is 13.0. The van der Waals surface area contributed by atoms with Crippen LogP contribution in [0.5, 0.6) is 0 Å². The van der Waals surface area contributed by atoms with Gasteiger partial charge in [0.15, 0.2) is 17.3 Å². The molecule has 130 valence electrons. The average Bonchev–Trinajstić information content (AvgIpc) is 2.84. The van der Waals surface area contributed by atoms with E-state index in [1.807, 2.05) is 0 Å². The van der Waals surface area contributed by atoms with Gasteiger partial charge < -0.3 is 4.74 Å². The van der Waals surface area contributed by atoms with Crippen LogP contribution in [0.2, 0.25) is 0 Å². The summed E-state index contributed by atoms with van der Waals surface area (Å²) in [5.41, 5.74) is 0.148. The summed E-state index contributed by atoms with van der Waals surface area (Å²) < 4.78 is 5.37. The number of ether oxygens (including phenoxy) is 1. The molecule has 0 bridgehead atoms. The van der Waals surface area contributed by atoms with Crippen molar-refractivity contribution in [3.63, 3.8) is 0 Å². The Morgan fingerprint density at radius 3 is 2.33 bits per heavy atom. The van der Waals surface area contributed by atoms with Gasteiger partial charge in [-0.05, 0) is 43.4 Å². The molecule has 0 radical (unpaired) electrons. The molecular weight excluding hydrogens is 304 g/mol. The molecule has 0 saturated heterocycles. The summed E-state index contributed by atoms with van der Waals surface area (Å²) in [5, 5.41) is 0. The Morgan fingerprint density at radius 1 is 0.917 bits per heavy atom. The fourth-order valence-corrected chi connectivity index (χ4v) is 6.49. The monoisotopic (exact) mass is 330 g/mol. The maximum atomic E-state index is 13.0. The van der Waals surface area contributed by atoms with Gasteiger partial charge in [-0.25, -0.2) is 0 Å². The Bertz CT molecular complexity index is 675. The van der Waals surface area contributed by atoms with Gasteiger partial charge in [0.25, 0.3) is 0 Å². The van der Waals surface area contributed by atoms with Gasteiger partial charge in [-0.2, -0.15) is 0 Å². The van der Waals surface area contributed by atoms with Crippen molar-refractivity contribution in [3.8, 4) is 0 Å². The summed E-state index contributed by atoms with van der Waals surface area (Å²) in [6.45, 7) is 4.27. The molecule has 0 aromatic heterocycles. The first-order chi connectivity index (χ1) is 11.3. The molecule has 4 aliphatic carbocycles. The molecule has 4 heteroatoms. The number of Topliss-reactive ketones (excluding diaryl/α,β-unsaturated/α-hetero) is 3. The van der Waals surface area contributed by atoms with Gasteiger partial charge in [0.2, 0.25) is 0 Å². The molecule has 0 aromatic rings. The van der Waals surface area contributed by atoms with Crippen LogP contribution in [0.3, 0.4) is 0 Å². The number of hydrogen-bond acceptors (Lipinski definition) is 4. The molecule has 0 amide bonds. The zero-order valence-electron chi connectivity index (χ0n) is 14.8. The van der Waals surface area contributed by atoms with Crippen molar-refractivity contribution in [1.29, 1.82) is 0 Å². The molecule has 0 aromatic carbocycles. The van der Waals surface area contributed by atoms with E-state index in [4.69, 9.17) is 4.74 Å². The minimum atomic E-state index is -0.272. The van der Waals surface area contributed by atoms with Crippen LogP contribution in [0.4, 0.5) is 0 Å². The first-order valence-electron chi connectivity index (χ1n) is 9.21. The number of carbonyl (C=O) groups is 3. The lowest BCUT2D eigenvalue weighted by molar-refractivity contribution is -0.139. The van der Waals surface area contributed by atoms with Crippen LogP contribution >= 0.6 is 0 Å². The molecule has 0 unspecified atom stereocenters. The van der Waals surface area contributed by atoms with E-state index >= 15 is 0 Å². The largest absolute Gasteiger partial charge is 0.493 e. The van der Waals surface area contributed by atoms with Crippen LogP contribution in [0.15, 0.2) is 11.3 Å². The van der Waals surface area contributed by atoms with Crippen LogP contribution < -0.4 is 0 Å². The van der Waals surface area contributed by atoms with E-state index in [9.17, 15) is 14.4 Å². The highest BCUT2D eigenvalue weighted by atomic mass is 16.5. The first kappa shape index (κ1) is 16.0. The predicted octanol–water partition coefficient (Wildman–Crippen LogP) is 3.24. The summed E-state index contributed by atoms with van der Waals surface area (Å²) in [6.07, 6.45) is 5.16. The van der Waals surface area contributed by atoms with E-state index in [0.29, 0.717) is 48.2 Å². The minimum absolute atomic E-state index is 0.0338. The Kier molecular flexibility index (Phi) is 3.36. The standard InChI is InChI=1S/C20H26O4/c1-19-8-6-13-11(12(19)4-5-16(19)23)10-15(22)17-18(24-3)14(21)7-9-20(13,17)2/h11-13H,4-10H2,1-3H3/t11-,12-,13-,19-,20+/m0/s1. The highest BCUT2D eigenvalue weighted by Gasteiger charge is 2.61. The zero-order chi connectivity index (χ0) is 17.3. The third-order valence-electron chi connectivity index (χ3n) is 7.79. The summed E-state index contributed by atoms with van der Waals surface area (Å²) in [7, 11) is 1.50. The van der Waals surface area contributed by atoms with Gasteiger partial charge in [0, 0.05) is 35.7 Å². The summed E-state index contributed by atoms with van der Waals surface area (Å²) in [4.78, 5) is 37.7. The van der Waals surface area contributed by atoms with Crippen LogP contribution in [0.25, 0.3) is 0 Å². The maximum Gasteiger partial charge on any atom is 0.197 e. The molecule has 4 aliphatic rings. The van der Waals surface area contributed by atoms with Gasteiger partial charge in [-0.3, -0.25) is 14.4 Å². The number of allylic oxidation sites excluding steroid dienone is 1. The molecule has 5 atom stereocenters. The van der Waals surface area contributed by atoms with Crippen LogP contribution in [0, 0.1) is 28.6 Å². The number of fused-ring (bicyclic) bond motifs is 5. The second kappa shape index (κ2) is 5.03. The van der Waals surface area contributed by atoms with Crippen molar-refractivity contribution in [2.75, 3.05) is 7.11 Å². The Labute approximate surface area is 143 Å². The van der Waals surface area contributed by atoms with Crippen LogP contribution in [-0.2, 0) is 19.1 Å². The average molecular weight is 330 g/mol. The SMILES string of the molecule is COC1=C2C(=O)C[C@@H]3[C@H](CC[C@]4(C)C(=O)CC[C@@H]34)[C@@]2(C)CCC1=O. The molecule has 3 fully saturated rings. The summed E-state index contributed by atoms with van der Waals surface area (Å²) in [5.74, 6) is 1.73.